The van der Waals surface area contributed by atoms with Crippen molar-refractivity contribution in [3.63, 3.8) is 0 Å². The minimum Gasteiger partial charge on any atom is -0.283 e. The van der Waals surface area contributed by atoms with Crippen molar-refractivity contribution in [2.75, 3.05) is 6.26 Å². The molecule has 0 fully saturated rings. The first-order chi connectivity index (χ1) is 12.4. The average Bonchev–Trinajstić information content (AvgIpc) is 3.01. The van der Waals surface area contributed by atoms with Crippen LogP contribution in [0.3, 0.4) is 0 Å². The number of nitrogens with zero attached hydrogens (tertiary/aromatic N) is 3. The van der Waals surface area contributed by atoms with Crippen molar-refractivity contribution in [1.29, 1.82) is 0 Å². The zero-order valence-electron chi connectivity index (χ0n) is 13.8. The van der Waals surface area contributed by atoms with Crippen molar-refractivity contribution in [3.8, 4) is 22.5 Å². The number of fused-ring (bicyclic) bond motifs is 1. The van der Waals surface area contributed by atoms with Gasteiger partial charge in [-0.1, -0.05) is 40.2 Å². The van der Waals surface area contributed by atoms with Gasteiger partial charge in [0.15, 0.2) is 9.84 Å². The molecule has 5 nitrogen and oxygen atoms in total. The summed E-state index contributed by atoms with van der Waals surface area (Å²) in [5.41, 5.74) is 3.50. The van der Waals surface area contributed by atoms with E-state index >= 15 is 0 Å². The first-order valence-electron chi connectivity index (χ1n) is 7.83. The van der Waals surface area contributed by atoms with Gasteiger partial charge in [-0.3, -0.25) is 4.40 Å². The second kappa shape index (κ2) is 6.34. The molecule has 0 saturated carbocycles. The van der Waals surface area contributed by atoms with Gasteiger partial charge in [-0.05, 0) is 30.3 Å². The Morgan fingerprint density at radius 2 is 1.62 bits per heavy atom. The fourth-order valence-corrected chi connectivity index (χ4v) is 3.73. The molecular weight excluding hydrogens is 414 g/mol. The highest BCUT2D eigenvalue weighted by Gasteiger charge is 2.17. The van der Waals surface area contributed by atoms with E-state index in [1.807, 2.05) is 40.9 Å². The van der Waals surface area contributed by atoms with E-state index in [4.69, 9.17) is 0 Å². The van der Waals surface area contributed by atoms with E-state index in [0.717, 1.165) is 27.0 Å². The monoisotopic (exact) mass is 427 g/mol. The lowest BCUT2D eigenvalue weighted by Crippen LogP contribution is -1.97. The standard InChI is InChI=1S/C19H14BrN3O2S/c1-26(24,25)16-9-5-14(6-10-16)18-17(13-3-7-15(20)8-4-13)22-19-21-11-2-12-23(18)19/h2-12H,1H3. The largest absolute Gasteiger partial charge is 0.283 e. The molecule has 0 aliphatic heterocycles. The maximum absolute atomic E-state index is 11.7. The minimum atomic E-state index is -3.24. The highest BCUT2D eigenvalue weighted by Crippen LogP contribution is 2.33. The SMILES string of the molecule is CS(=O)(=O)c1ccc(-c2c(-c3ccc(Br)cc3)nc3ncccn23)cc1. The molecule has 0 amide bonds. The first-order valence-corrected chi connectivity index (χ1v) is 10.5. The molecule has 0 atom stereocenters. The Labute approximate surface area is 159 Å². The molecule has 4 rings (SSSR count). The third kappa shape index (κ3) is 3.04. The van der Waals surface area contributed by atoms with Gasteiger partial charge in [0.1, 0.15) is 0 Å². The summed E-state index contributed by atoms with van der Waals surface area (Å²) in [6.45, 7) is 0. The predicted molar refractivity (Wildman–Crippen MR) is 105 cm³/mol. The molecule has 0 aliphatic carbocycles. The number of aromatic nitrogens is 3. The number of hydrogen-bond donors (Lipinski definition) is 0. The lowest BCUT2D eigenvalue weighted by Gasteiger charge is -2.07. The van der Waals surface area contributed by atoms with Crippen LogP contribution in [0.2, 0.25) is 0 Å². The van der Waals surface area contributed by atoms with Crippen LogP contribution in [-0.2, 0) is 9.84 Å². The van der Waals surface area contributed by atoms with E-state index < -0.39 is 9.84 Å². The van der Waals surface area contributed by atoms with Crippen LogP contribution in [0.1, 0.15) is 0 Å². The zero-order valence-corrected chi connectivity index (χ0v) is 16.2. The fraction of sp³-hybridized carbons (Fsp3) is 0.0526. The maximum atomic E-state index is 11.7. The third-order valence-corrected chi connectivity index (χ3v) is 5.73. The van der Waals surface area contributed by atoms with Gasteiger partial charge in [0, 0.05) is 34.2 Å². The van der Waals surface area contributed by atoms with Crippen LogP contribution in [0.4, 0.5) is 0 Å². The minimum absolute atomic E-state index is 0.290. The molecule has 0 N–H and O–H groups in total. The summed E-state index contributed by atoms with van der Waals surface area (Å²) in [6.07, 6.45) is 4.80. The summed E-state index contributed by atoms with van der Waals surface area (Å²) in [7, 11) is -3.24. The van der Waals surface area contributed by atoms with Gasteiger partial charge < -0.3 is 0 Å². The summed E-state index contributed by atoms with van der Waals surface area (Å²) in [4.78, 5) is 9.30. The van der Waals surface area contributed by atoms with Crippen molar-refractivity contribution in [1.82, 2.24) is 14.4 Å². The number of sulfone groups is 1. The number of rotatable bonds is 3. The molecule has 0 unspecified atom stereocenters. The molecule has 7 heteroatoms. The Balaban J connectivity index is 1.96. The lowest BCUT2D eigenvalue weighted by molar-refractivity contribution is 0.602. The molecular formula is C19H14BrN3O2S. The van der Waals surface area contributed by atoms with E-state index in [-0.39, 0.29) is 0 Å². The molecule has 130 valence electrons. The summed E-state index contributed by atoms with van der Waals surface area (Å²) < 4.78 is 26.4. The van der Waals surface area contributed by atoms with Gasteiger partial charge in [-0.2, -0.15) is 0 Å². The van der Waals surface area contributed by atoms with Gasteiger partial charge in [-0.15, -0.1) is 0 Å². The summed E-state index contributed by atoms with van der Waals surface area (Å²) in [5, 5.41) is 0. The predicted octanol–water partition coefficient (Wildman–Crippen LogP) is 4.23. The second-order valence-electron chi connectivity index (χ2n) is 5.90. The number of hydrogen-bond acceptors (Lipinski definition) is 4. The van der Waals surface area contributed by atoms with Crippen molar-refractivity contribution in [2.45, 2.75) is 4.90 Å². The third-order valence-electron chi connectivity index (χ3n) is 4.08. The van der Waals surface area contributed by atoms with Gasteiger partial charge in [-0.25, -0.2) is 18.4 Å². The number of benzene rings is 2. The Morgan fingerprint density at radius 3 is 2.27 bits per heavy atom. The van der Waals surface area contributed by atoms with Gasteiger partial charge >= 0.3 is 0 Å². The smallest absolute Gasteiger partial charge is 0.234 e. The Bertz CT molecular complexity index is 1200. The number of imidazole rings is 1. The van der Waals surface area contributed by atoms with E-state index in [0.29, 0.717) is 10.7 Å². The van der Waals surface area contributed by atoms with E-state index in [1.54, 1.807) is 30.5 Å². The molecule has 26 heavy (non-hydrogen) atoms. The van der Waals surface area contributed by atoms with Crippen LogP contribution >= 0.6 is 15.9 Å². The maximum Gasteiger partial charge on any atom is 0.234 e. The van der Waals surface area contributed by atoms with Crippen molar-refractivity contribution >= 4 is 31.5 Å². The first kappa shape index (κ1) is 16.9. The summed E-state index contributed by atoms with van der Waals surface area (Å²) in [5.74, 6) is 0.590. The van der Waals surface area contributed by atoms with E-state index in [9.17, 15) is 8.42 Å². The highest BCUT2D eigenvalue weighted by atomic mass is 79.9. The summed E-state index contributed by atoms with van der Waals surface area (Å²) in [6, 6.07) is 16.6. The van der Waals surface area contributed by atoms with Crippen LogP contribution in [-0.4, -0.2) is 29.0 Å². The van der Waals surface area contributed by atoms with E-state index in [2.05, 4.69) is 25.9 Å². The molecule has 0 spiro atoms. The van der Waals surface area contributed by atoms with Crippen LogP contribution in [0.5, 0.6) is 0 Å². The van der Waals surface area contributed by atoms with Crippen molar-refractivity contribution in [3.05, 3.63) is 71.5 Å². The molecule has 0 saturated heterocycles. The molecule has 0 bridgehead atoms. The van der Waals surface area contributed by atoms with Gasteiger partial charge in [0.2, 0.25) is 5.78 Å². The van der Waals surface area contributed by atoms with Crippen LogP contribution in [0, 0.1) is 0 Å². The van der Waals surface area contributed by atoms with Crippen molar-refractivity contribution < 1.29 is 8.42 Å². The van der Waals surface area contributed by atoms with Gasteiger partial charge in [0.05, 0.1) is 16.3 Å². The highest BCUT2D eigenvalue weighted by molar-refractivity contribution is 9.10. The second-order valence-corrected chi connectivity index (χ2v) is 8.83. The Hall–Kier alpha value is -2.51. The quantitative estimate of drug-likeness (QED) is 0.490. The van der Waals surface area contributed by atoms with Crippen LogP contribution in [0.15, 0.2) is 76.4 Å². The molecule has 4 aromatic rings. The molecule has 0 radical (unpaired) electrons. The Kier molecular flexibility index (Phi) is 4.13. The van der Waals surface area contributed by atoms with Gasteiger partial charge in [0.25, 0.3) is 0 Å². The molecule has 2 aromatic heterocycles. The van der Waals surface area contributed by atoms with Crippen molar-refractivity contribution in [2.24, 2.45) is 0 Å². The summed E-state index contributed by atoms with van der Waals surface area (Å²) >= 11 is 3.45. The normalized spacial score (nSPS) is 11.8. The van der Waals surface area contributed by atoms with Crippen LogP contribution < -0.4 is 0 Å². The number of halogens is 1. The fourth-order valence-electron chi connectivity index (χ4n) is 2.83. The topological polar surface area (TPSA) is 64.3 Å². The molecule has 2 heterocycles. The molecule has 0 aliphatic rings. The average molecular weight is 428 g/mol. The van der Waals surface area contributed by atoms with E-state index in [1.165, 1.54) is 6.26 Å². The lowest BCUT2D eigenvalue weighted by atomic mass is 10.1. The van der Waals surface area contributed by atoms with Crippen LogP contribution in [0.25, 0.3) is 28.3 Å². The Morgan fingerprint density at radius 1 is 0.962 bits per heavy atom. The zero-order chi connectivity index (χ0) is 18.3. The molecule has 2 aromatic carbocycles.